The Bertz CT molecular complexity index is 309. The van der Waals surface area contributed by atoms with Crippen LogP contribution in [0.2, 0.25) is 0 Å². The summed E-state index contributed by atoms with van der Waals surface area (Å²) in [5.41, 5.74) is 2.08. The Kier molecular flexibility index (Phi) is 3.30. The molecule has 0 saturated carbocycles. The maximum Gasteiger partial charge on any atom is 0.0991 e. The van der Waals surface area contributed by atoms with Gasteiger partial charge in [0.15, 0.2) is 0 Å². The molecule has 1 saturated heterocycles. The summed E-state index contributed by atoms with van der Waals surface area (Å²) in [4.78, 5) is 0. The summed E-state index contributed by atoms with van der Waals surface area (Å²) in [7, 11) is 0. The van der Waals surface area contributed by atoms with Gasteiger partial charge in [-0.1, -0.05) is 12.1 Å². The van der Waals surface area contributed by atoms with E-state index in [0.717, 1.165) is 18.7 Å². The monoisotopic (exact) mass is 194 g/mol. The lowest BCUT2D eigenvalue weighted by Crippen LogP contribution is -2.39. The molecule has 13 heavy (non-hydrogen) atoms. The van der Waals surface area contributed by atoms with Gasteiger partial charge >= 0.3 is 0 Å². The van der Waals surface area contributed by atoms with Gasteiger partial charge in [-0.05, 0) is 17.7 Å². The van der Waals surface area contributed by atoms with Crippen molar-refractivity contribution in [1.82, 2.24) is 5.32 Å². The van der Waals surface area contributed by atoms with Crippen molar-refractivity contribution in [3.63, 3.8) is 0 Å². The molecule has 2 rings (SSSR count). The van der Waals surface area contributed by atoms with Gasteiger partial charge in [0.25, 0.3) is 0 Å². The minimum atomic E-state index is 0. The highest BCUT2D eigenvalue weighted by Crippen LogP contribution is 2.19. The van der Waals surface area contributed by atoms with Crippen LogP contribution in [-0.2, 0) is 0 Å². The van der Waals surface area contributed by atoms with Crippen LogP contribution in [0.3, 0.4) is 0 Å². The van der Waals surface area contributed by atoms with Crippen molar-refractivity contribution < 1.29 is 0 Å². The molecule has 1 aromatic carbocycles. The highest BCUT2D eigenvalue weighted by atomic mass is 35.5. The van der Waals surface area contributed by atoms with E-state index in [0.29, 0.717) is 5.92 Å². The van der Waals surface area contributed by atoms with Crippen LogP contribution < -0.4 is 5.32 Å². The van der Waals surface area contributed by atoms with Crippen LogP contribution >= 0.6 is 12.4 Å². The SMILES string of the molecule is Cl.N#Cc1ccc(C2CNC2)cc1. The molecule has 0 unspecified atom stereocenters. The van der Waals surface area contributed by atoms with Crippen molar-refractivity contribution in [2.75, 3.05) is 13.1 Å². The third-order valence-electron chi connectivity index (χ3n) is 2.29. The summed E-state index contributed by atoms with van der Waals surface area (Å²) in [6, 6.07) is 9.97. The first-order valence-electron chi connectivity index (χ1n) is 4.11. The van der Waals surface area contributed by atoms with Crippen LogP contribution in [0.4, 0.5) is 0 Å². The summed E-state index contributed by atoms with van der Waals surface area (Å²) in [6.45, 7) is 2.15. The maximum absolute atomic E-state index is 8.58. The molecule has 1 aliphatic heterocycles. The van der Waals surface area contributed by atoms with E-state index in [9.17, 15) is 0 Å². The second-order valence-corrected chi connectivity index (χ2v) is 3.09. The molecule has 0 spiro atoms. The van der Waals surface area contributed by atoms with Gasteiger partial charge < -0.3 is 5.32 Å². The topological polar surface area (TPSA) is 35.8 Å². The number of rotatable bonds is 1. The Morgan fingerprint density at radius 1 is 1.23 bits per heavy atom. The standard InChI is InChI=1S/C10H10N2.ClH/c11-5-8-1-3-9(4-2-8)10-6-12-7-10;/h1-4,10,12H,6-7H2;1H. The first-order chi connectivity index (χ1) is 5.90. The molecule has 1 heterocycles. The molecular formula is C10H11ClN2. The molecule has 2 nitrogen and oxygen atoms in total. The molecule has 0 amide bonds. The Labute approximate surface area is 84.0 Å². The van der Waals surface area contributed by atoms with Crippen molar-refractivity contribution in [1.29, 1.82) is 5.26 Å². The van der Waals surface area contributed by atoms with Crippen LogP contribution in [0.15, 0.2) is 24.3 Å². The van der Waals surface area contributed by atoms with Crippen LogP contribution in [0.5, 0.6) is 0 Å². The van der Waals surface area contributed by atoms with Gasteiger partial charge in [-0.25, -0.2) is 0 Å². The van der Waals surface area contributed by atoms with Gasteiger partial charge in [0, 0.05) is 19.0 Å². The van der Waals surface area contributed by atoms with E-state index in [1.54, 1.807) is 0 Å². The number of hydrogen-bond donors (Lipinski definition) is 1. The Morgan fingerprint density at radius 2 is 1.85 bits per heavy atom. The van der Waals surface area contributed by atoms with Gasteiger partial charge in [-0.3, -0.25) is 0 Å². The van der Waals surface area contributed by atoms with Crippen LogP contribution in [0.1, 0.15) is 17.0 Å². The second-order valence-electron chi connectivity index (χ2n) is 3.09. The lowest BCUT2D eigenvalue weighted by atomic mass is 9.93. The molecule has 0 radical (unpaired) electrons. The normalized spacial score (nSPS) is 15.3. The zero-order valence-corrected chi connectivity index (χ0v) is 7.97. The van der Waals surface area contributed by atoms with Crippen molar-refractivity contribution >= 4 is 12.4 Å². The van der Waals surface area contributed by atoms with E-state index in [-0.39, 0.29) is 12.4 Å². The molecule has 1 aliphatic rings. The van der Waals surface area contributed by atoms with E-state index in [4.69, 9.17) is 5.26 Å². The third-order valence-corrected chi connectivity index (χ3v) is 2.29. The summed E-state index contributed by atoms with van der Waals surface area (Å²) in [6.07, 6.45) is 0. The quantitative estimate of drug-likeness (QED) is 0.738. The van der Waals surface area contributed by atoms with Crippen molar-refractivity contribution in [3.05, 3.63) is 35.4 Å². The van der Waals surface area contributed by atoms with E-state index in [1.165, 1.54) is 5.56 Å². The Balaban J connectivity index is 0.000000845. The average molecular weight is 195 g/mol. The third kappa shape index (κ3) is 2.00. The second kappa shape index (κ2) is 4.27. The van der Waals surface area contributed by atoms with Gasteiger partial charge in [0.05, 0.1) is 11.6 Å². The molecular weight excluding hydrogens is 184 g/mol. The Hall–Kier alpha value is -1.04. The smallest absolute Gasteiger partial charge is 0.0991 e. The molecule has 1 aromatic rings. The number of hydrogen-bond acceptors (Lipinski definition) is 2. The molecule has 1 fully saturated rings. The zero-order chi connectivity index (χ0) is 8.39. The molecule has 0 bridgehead atoms. The molecule has 0 aliphatic carbocycles. The number of halogens is 1. The number of nitriles is 1. The molecule has 0 atom stereocenters. The molecule has 0 aromatic heterocycles. The van der Waals surface area contributed by atoms with E-state index < -0.39 is 0 Å². The maximum atomic E-state index is 8.58. The molecule has 3 heteroatoms. The minimum Gasteiger partial charge on any atom is -0.315 e. The molecule has 68 valence electrons. The van der Waals surface area contributed by atoms with E-state index in [2.05, 4.69) is 11.4 Å². The first-order valence-corrected chi connectivity index (χ1v) is 4.11. The van der Waals surface area contributed by atoms with E-state index in [1.807, 2.05) is 24.3 Å². The van der Waals surface area contributed by atoms with Gasteiger partial charge in [-0.2, -0.15) is 5.26 Å². The van der Waals surface area contributed by atoms with E-state index >= 15 is 0 Å². The van der Waals surface area contributed by atoms with Crippen molar-refractivity contribution in [2.24, 2.45) is 0 Å². The zero-order valence-electron chi connectivity index (χ0n) is 7.16. The highest BCUT2D eigenvalue weighted by molar-refractivity contribution is 5.85. The summed E-state index contributed by atoms with van der Waals surface area (Å²) in [5.74, 6) is 0.665. The predicted octanol–water partition coefficient (Wildman–Crippen LogP) is 1.67. The van der Waals surface area contributed by atoms with Crippen molar-refractivity contribution in [3.8, 4) is 6.07 Å². The van der Waals surface area contributed by atoms with Crippen molar-refractivity contribution in [2.45, 2.75) is 5.92 Å². The number of benzene rings is 1. The molecule has 1 N–H and O–H groups in total. The summed E-state index contributed by atoms with van der Waals surface area (Å²) in [5, 5.41) is 11.8. The van der Waals surface area contributed by atoms with Gasteiger partial charge in [0.2, 0.25) is 0 Å². The largest absolute Gasteiger partial charge is 0.315 e. The predicted molar refractivity (Wildman–Crippen MR) is 54.0 cm³/mol. The van der Waals surface area contributed by atoms with Gasteiger partial charge in [-0.15, -0.1) is 12.4 Å². The fraction of sp³-hybridized carbons (Fsp3) is 0.300. The first kappa shape index (κ1) is 10.0. The van der Waals surface area contributed by atoms with Crippen LogP contribution in [-0.4, -0.2) is 13.1 Å². The lowest BCUT2D eigenvalue weighted by molar-refractivity contribution is 0.448. The lowest BCUT2D eigenvalue weighted by Gasteiger charge is -2.27. The van der Waals surface area contributed by atoms with Crippen LogP contribution in [0, 0.1) is 11.3 Å². The average Bonchev–Trinajstić information content (AvgIpc) is 2.03. The number of nitrogens with one attached hydrogen (secondary N) is 1. The Morgan fingerprint density at radius 3 is 2.23 bits per heavy atom. The summed E-state index contributed by atoms with van der Waals surface area (Å²) >= 11 is 0. The summed E-state index contributed by atoms with van der Waals surface area (Å²) < 4.78 is 0. The fourth-order valence-corrected chi connectivity index (χ4v) is 1.35. The highest BCUT2D eigenvalue weighted by Gasteiger charge is 2.17. The minimum absolute atomic E-state index is 0. The van der Waals surface area contributed by atoms with Crippen LogP contribution in [0.25, 0.3) is 0 Å². The van der Waals surface area contributed by atoms with Gasteiger partial charge in [0.1, 0.15) is 0 Å². The number of nitrogens with zero attached hydrogens (tertiary/aromatic N) is 1. The fourth-order valence-electron chi connectivity index (χ4n) is 1.35.